The standard InChI is InChI=1S/C10H11N/c1-7-6-11-10-5-3-4-9(10)8(7)2/h3-4,6H,5H2,1-2H3. The fourth-order valence-electron chi connectivity index (χ4n) is 1.44. The average molecular weight is 145 g/mol. The van der Waals surface area contributed by atoms with Crippen molar-refractivity contribution >= 4 is 6.08 Å². The molecule has 0 atom stereocenters. The van der Waals surface area contributed by atoms with Crippen LogP contribution in [0.25, 0.3) is 6.08 Å². The molecule has 0 aliphatic heterocycles. The number of pyridine rings is 1. The molecular weight excluding hydrogens is 134 g/mol. The molecule has 0 saturated heterocycles. The molecule has 0 radical (unpaired) electrons. The summed E-state index contributed by atoms with van der Waals surface area (Å²) in [7, 11) is 0. The molecule has 56 valence electrons. The Balaban J connectivity index is 2.70. The summed E-state index contributed by atoms with van der Waals surface area (Å²) in [5.74, 6) is 0. The zero-order valence-corrected chi connectivity index (χ0v) is 6.89. The van der Waals surface area contributed by atoms with Gasteiger partial charge in [0.1, 0.15) is 0 Å². The van der Waals surface area contributed by atoms with Gasteiger partial charge in [-0.2, -0.15) is 0 Å². The largest absolute Gasteiger partial charge is 0.260 e. The van der Waals surface area contributed by atoms with Crippen molar-refractivity contribution in [3.05, 3.63) is 34.7 Å². The average Bonchev–Trinajstić information content (AvgIpc) is 2.45. The third-order valence-corrected chi connectivity index (χ3v) is 2.32. The van der Waals surface area contributed by atoms with Crippen LogP contribution in [0.1, 0.15) is 22.4 Å². The zero-order chi connectivity index (χ0) is 7.84. The number of allylic oxidation sites excluding steroid dienone is 1. The minimum Gasteiger partial charge on any atom is -0.260 e. The molecular formula is C10H11N. The number of aromatic nitrogens is 1. The molecule has 0 N–H and O–H groups in total. The van der Waals surface area contributed by atoms with E-state index in [1.807, 2.05) is 6.20 Å². The van der Waals surface area contributed by atoms with Crippen molar-refractivity contribution in [3.63, 3.8) is 0 Å². The van der Waals surface area contributed by atoms with Crippen LogP contribution in [0.15, 0.2) is 12.3 Å². The molecule has 1 aliphatic carbocycles. The Morgan fingerprint density at radius 3 is 3.00 bits per heavy atom. The predicted octanol–water partition coefficient (Wildman–Crippen LogP) is 2.27. The van der Waals surface area contributed by atoms with E-state index in [1.165, 1.54) is 22.4 Å². The van der Waals surface area contributed by atoms with Crippen molar-refractivity contribution in [1.29, 1.82) is 0 Å². The minimum atomic E-state index is 1.01. The van der Waals surface area contributed by atoms with Gasteiger partial charge in [-0.05, 0) is 30.5 Å². The van der Waals surface area contributed by atoms with Crippen LogP contribution in [0.2, 0.25) is 0 Å². The van der Waals surface area contributed by atoms with Gasteiger partial charge in [0, 0.05) is 12.6 Å². The summed E-state index contributed by atoms with van der Waals surface area (Å²) in [6.45, 7) is 4.26. The van der Waals surface area contributed by atoms with Crippen molar-refractivity contribution in [2.75, 3.05) is 0 Å². The molecule has 2 rings (SSSR count). The predicted molar refractivity (Wildman–Crippen MR) is 46.4 cm³/mol. The van der Waals surface area contributed by atoms with Crippen LogP contribution in [0.3, 0.4) is 0 Å². The van der Waals surface area contributed by atoms with E-state index in [0.717, 1.165) is 6.42 Å². The topological polar surface area (TPSA) is 12.9 Å². The zero-order valence-electron chi connectivity index (χ0n) is 6.89. The van der Waals surface area contributed by atoms with E-state index in [0.29, 0.717) is 0 Å². The Kier molecular flexibility index (Phi) is 1.31. The first-order valence-electron chi connectivity index (χ1n) is 3.90. The fourth-order valence-corrected chi connectivity index (χ4v) is 1.44. The van der Waals surface area contributed by atoms with E-state index < -0.39 is 0 Å². The summed E-state index contributed by atoms with van der Waals surface area (Å²) in [5.41, 5.74) is 5.23. The highest BCUT2D eigenvalue weighted by Gasteiger charge is 2.09. The Hall–Kier alpha value is -1.11. The number of nitrogens with zero attached hydrogens (tertiary/aromatic N) is 1. The molecule has 0 bridgehead atoms. The lowest BCUT2D eigenvalue weighted by Crippen LogP contribution is -1.93. The molecule has 0 aromatic carbocycles. The molecule has 0 saturated carbocycles. The lowest BCUT2D eigenvalue weighted by Gasteiger charge is -2.04. The molecule has 1 aromatic heterocycles. The van der Waals surface area contributed by atoms with Crippen LogP contribution in [0.5, 0.6) is 0 Å². The summed E-state index contributed by atoms with van der Waals surface area (Å²) in [6.07, 6.45) is 7.31. The van der Waals surface area contributed by atoms with Crippen LogP contribution >= 0.6 is 0 Å². The SMILES string of the molecule is Cc1cnc2c(c1C)C=CC2. The molecule has 1 aliphatic rings. The van der Waals surface area contributed by atoms with Gasteiger partial charge in [-0.25, -0.2) is 0 Å². The highest BCUT2D eigenvalue weighted by Crippen LogP contribution is 2.22. The molecule has 0 fully saturated rings. The molecule has 1 nitrogen and oxygen atoms in total. The van der Waals surface area contributed by atoms with E-state index in [9.17, 15) is 0 Å². The van der Waals surface area contributed by atoms with Crippen LogP contribution in [-0.2, 0) is 6.42 Å². The fraction of sp³-hybridized carbons (Fsp3) is 0.300. The first-order valence-corrected chi connectivity index (χ1v) is 3.90. The van der Waals surface area contributed by atoms with Crippen molar-refractivity contribution in [2.45, 2.75) is 20.3 Å². The van der Waals surface area contributed by atoms with E-state index in [1.54, 1.807) is 0 Å². The van der Waals surface area contributed by atoms with Gasteiger partial charge >= 0.3 is 0 Å². The third-order valence-electron chi connectivity index (χ3n) is 2.32. The number of rotatable bonds is 0. The molecule has 1 heterocycles. The molecule has 1 aromatic rings. The maximum absolute atomic E-state index is 4.36. The third kappa shape index (κ3) is 0.881. The van der Waals surface area contributed by atoms with Gasteiger partial charge in [0.25, 0.3) is 0 Å². The number of hydrogen-bond acceptors (Lipinski definition) is 1. The Bertz CT molecular complexity index is 324. The smallest absolute Gasteiger partial charge is 0.0516 e. The maximum Gasteiger partial charge on any atom is 0.0516 e. The summed E-state index contributed by atoms with van der Waals surface area (Å²) in [4.78, 5) is 4.36. The summed E-state index contributed by atoms with van der Waals surface area (Å²) < 4.78 is 0. The quantitative estimate of drug-likeness (QED) is 0.545. The van der Waals surface area contributed by atoms with Crippen LogP contribution < -0.4 is 0 Å². The molecule has 11 heavy (non-hydrogen) atoms. The lowest BCUT2D eigenvalue weighted by molar-refractivity contribution is 1.09. The molecule has 1 heteroatoms. The van der Waals surface area contributed by atoms with Gasteiger partial charge < -0.3 is 0 Å². The van der Waals surface area contributed by atoms with Crippen LogP contribution in [0, 0.1) is 13.8 Å². The van der Waals surface area contributed by atoms with E-state index >= 15 is 0 Å². The van der Waals surface area contributed by atoms with Gasteiger partial charge in [0.05, 0.1) is 5.69 Å². The first kappa shape index (κ1) is 6.59. The van der Waals surface area contributed by atoms with Gasteiger partial charge in [-0.3, -0.25) is 4.98 Å². The second kappa shape index (κ2) is 2.19. The Morgan fingerprint density at radius 2 is 2.18 bits per heavy atom. The summed E-state index contributed by atoms with van der Waals surface area (Å²) >= 11 is 0. The normalized spacial score (nSPS) is 13.6. The van der Waals surface area contributed by atoms with E-state index in [4.69, 9.17) is 0 Å². The highest BCUT2D eigenvalue weighted by atomic mass is 14.7. The molecule has 0 spiro atoms. The van der Waals surface area contributed by atoms with Gasteiger partial charge in [0.15, 0.2) is 0 Å². The van der Waals surface area contributed by atoms with Crippen LogP contribution in [0.4, 0.5) is 0 Å². The van der Waals surface area contributed by atoms with Crippen molar-refractivity contribution in [3.8, 4) is 0 Å². The summed E-state index contributed by atoms with van der Waals surface area (Å²) in [5, 5.41) is 0. The number of aryl methyl sites for hydroxylation is 1. The van der Waals surface area contributed by atoms with Crippen molar-refractivity contribution in [1.82, 2.24) is 4.98 Å². The van der Waals surface area contributed by atoms with Crippen LogP contribution in [-0.4, -0.2) is 4.98 Å². The minimum absolute atomic E-state index is 1.01. The van der Waals surface area contributed by atoms with E-state index in [2.05, 4.69) is 31.0 Å². The Morgan fingerprint density at radius 1 is 1.36 bits per heavy atom. The van der Waals surface area contributed by atoms with Gasteiger partial charge in [-0.1, -0.05) is 12.2 Å². The lowest BCUT2D eigenvalue weighted by atomic mass is 10.1. The number of hydrogen-bond donors (Lipinski definition) is 0. The maximum atomic E-state index is 4.36. The second-order valence-electron chi connectivity index (χ2n) is 3.03. The van der Waals surface area contributed by atoms with Gasteiger partial charge in [-0.15, -0.1) is 0 Å². The van der Waals surface area contributed by atoms with Crippen molar-refractivity contribution < 1.29 is 0 Å². The highest BCUT2D eigenvalue weighted by molar-refractivity contribution is 5.62. The number of fused-ring (bicyclic) bond motifs is 1. The van der Waals surface area contributed by atoms with Gasteiger partial charge in [0.2, 0.25) is 0 Å². The first-order chi connectivity index (χ1) is 5.29. The Labute approximate surface area is 66.8 Å². The molecule has 0 unspecified atom stereocenters. The monoisotopic (exact) mass is 145 g/mol. The van der Waals surface area contributed by atoms with Crippen molar-refractivity contribution in [2.24, 2.45) is 0 Å². The molecule has 0 amide bonds. The summed E-state index contributed by atoms with van der Waals surface area (Å²) in [6, 6.07) is 0. The second-order valence-corrected chi connectivity index (χ2v) is 3.03. The van der Waals surface area contributed by atoms with E-state index in [-0.39, 0.29) is 0 Å².